The Bertz CT molecular complexity index is 528. The summed E-state index contributed by atoms with van der Waals surface area (Å²) < 4.78 is 0. The van der Waals surface area contributed by atoms with Crippen molar-refractivity contribution < 1.29 is 0 Å². The first kappa shape index (κ1) is 10.8. The van der Waals surface area contributed by atoms with Crippen LogP contribution in [0.5, 0.6) is 0 Å². The topological polar surface area (TPSA) is 44.8 Å². The van der Waals surface area contributed by atoms with Crippen LogP contribution < -0.4 is 4.90 Å². The van der Waals surface area contributed by atoms with E-state index in [-0.39, 0.29) is 0 Å². The highest BCUT2D eigenvalue weighted by Gasteiger charge is 2.23. The highest BCUT2D eigenvalue weighted by atomic mass is 32.1. The van der Waals surface area contributed by atoms with E-state index in [9.17, 15) is 0 Å². The number of likely N-dealkylation sites (N-methyl/N-ethyl adjacent to an activating group) is 1. The molecule has 0 atom stereocenters. The number of thiazole rings is 1. The molecule has 2 aromatic rings. The Morgan fingerprint density at radius 2 is 2.35 bits per heavy atom. The van der Waals surface area contributed by atoms with Gasteiger partial charge >= 0.3 is 0 Å². The monoisotopic (exact) mass is 248 g/mol. The zero-order chi connectivity index (χ0) is 11.8. The molecule has 0 saturated carbocycles. The second-order valence-electron chi connectivity index (χ2n) is 4.19. The molecule has 17 heavy (non-hydrogen) atoms. The number of aryl methyl sites for hydroxylation is 1. The van der Waals surface area contributed by atoms with E-state index in [1.54, 1.807) is 0 Å². The van der Waals surface area contributed by atoms with E-state index in [4.69, 9.17) is 4.98 Å². The van der Waals surface area contributed by atoms with Crippen LogP contribution in [0.25, 0.3) is 11.3 Å². The van der Waals surface area contributed by atoms with E-state index in [0.717, 1.165) is 43.0 Å². The predicted molar refractivity (Wildman–Crippen MR) is 70.7 cm³/mol. The van der Waals surface area contributed by atoms with Crippen molar-refractivity contribution in [2.75, 3.05) is 18.0 Å². The molecule has 0 bridgehead atoms. The number of aromatic nitrogens is 3. The number of aromatic amines is 1. The van der Waals surface area contributed by atoms with Crippen LogP contribution in [0.1, 0.15) is 23.7 Å². The van der Waals surface area contributed by atoms with Crippen LogP contribution in [-0.4, -0.2) is 28.3 Å². The lowest BCUT2D eigenvalue weighted by Crippen LogP contribution is -2.24. The van der Waals surface area contributed by atoms with Gasteiger partial charge in [-0.15, -0.1) is 11.3 Å². The van der Waals surface area contributed by atoms with Crippen molar-refractivity contribution >= 4 is 17.2 Å². The van der Waals surface area contributed by atoms with Gasteiger partial charge in [-0.3, -0.25) is 5.10 Å². The third kappa shape index (κ3) is 1.65. The molecule has 3 heterocycles. The van der Waals surface area contributed by atoms with Gasteiger partial charge in [-0.25, -0.2) is 4.98 Å². The van der Waals surface area contributed by atoms with Crippen LogP contribution in [-0.2, 0) is 12.8 Å². The summed E-state index contributed by atoms with van der Waals surface area (Å²) in [5.41, 5.74) is 2.31. The molecule has 0 amide bonds. The van der Waals surface area contributed by atoms with Crippen LogP contribution in [0.15, 0.2) is 6.20 Å². The molecule has 0 radical (unpaired) electrons. The number of fused-ring (bicyclic) bond motifs is 3. The van der Waals surface area contributed by atoms with Gasteiger partial charge < -0.3 is 4.90 Å². The molecule has 0 aliphatic carbocycles. The molecular formula is C12H16N4S. The predicted octanol–water partition coefficient (Wildman–Crippen LogP) is 2.48. The van der Waals surface area contributed by atoms with Gasteiger partial charge in [0.25, 0.3) is 0 Å². The Hall–Kier alpha value is -1.36. The number of H-pyrrole nitrogens is 1. The largest absolute Gasteiger partial charge is 0.356 e. The van der Waals surface area contributed by atoms with E-state index in [1.165, 1.54) is 9.88 Å². The van der Waals surface area contributed by atoms with Gasteiger partial charge in [0, 0.05) is 24.4 Å². The molecule has 90 valence electrons. The lowest BCUT2D eigenvalue weighted by molar-refractivity contribution is 0.802. The van der Waals surface area contributed by atoms with Crippen molar-refractivity contribution in [3.05, 3.63) is 16.1 Å². The maximum absolute atomic E-state index is 4.74. The second kappa shape index (κ2) is 4.14. The summed E-state index contributed by atoms with van der Waals surface area (Å²) in [6.45, 7) is 6.39. The number of hydrogen-bond acceptors (Lipinski definition) is 4. The van der Waals surface area contributed by atoms with Gasteiger partial charge in [-0.1, -0.05) is 6.92 Å². The highest BCUT2D eigenvalue weighted by molar-refractivity contribution is 7.12. The molecule has 3 rings (SSSR count). The van der Waals surface area contributed by atoms with Crippen LogP contribution in [0, 0.1) is 0 Å². The molecule has 4 nitrogen and oxygen atoms in total. The van der Waals surface area contributed by atoms with Gasteiger partial charge in [-0.05, 0) is 13.3 Å². The summed E-state index contributed by atoms with van der Waals surface area (Å²) in [4.78, 5) is 8.48. The van der Waals surface area contributed by atoms with Crippen molar-refractivity contribution in [2.24, 2.45) is 0 Å². The van der Waals surface area contributed by atoms with Crippen molar-refractivity contribution in [3.8, 4) is 11.3 Å². The molecule has 0 fully saturated rings. The minimum Gasteiger partial charge on any atom is -0.356 e. The van der Waals surface area contributed by atoms with Crippen molar-refractivity contribution in [1.82, 2.24) is 15.2 Å². The molecule has 0 unspecified atom stereocenters. The lowest BCUT2D eigenvalue weighted by atomic mass is 10.2. The van der Waals surface area contributed by atoms with Crippen molar-refractivity contribution in [1.29, 1.82) is 0 Å². The Balaban J connectivity index is 2.14. The fraction of sp³-hybridized carbons (Fsp3) is 0.500. The van der Waals surface area contributed by atoms with E-state index in [2.05, 4.69) is 28.9 Å². The Morgan fingerprint density at radius 3 is 3.12 bits per heavy atom. The Kier molecular flexibility index (Phi) is 2.63. The molecule has 1 N–H and O–H groups in total. The van der Waals surface area contributed by atoms with Gasteiger partial charge in [0.1, 0.15) is 5.82 Å². The average Bonchev–Trinajstić information content (AvgIpc) is 2.94. The maximum Gasteiger partial charge on any atom is 0.133 e. The SMILES string of the molecule is CCc1nc2c(s1)CCN(CC)c1[nH]ncc1-2. The molecular weight excluding hydrogens is 232 g/mol. The molecule has 1 aliphatic heterocycles. The number of nitrogens with zero attached hydrogens (tertiary/aromatic N) is 3. The van der Waals surface area contributed by atoms with Gasteiger partial charge in [0.15, 0.2) is 0 Å². The van der Waals surface area contributed by atoms with Crippen LogP contribution in [0.2, 0.25) is 0 Å². The van der Waals surface area contributed by atoms with Gasteiger partial charge in [-0.2, -0.15) is 5.10 Å². The number of nitrogens with one attached hydrogen (secondary N) is 1. The van der Waals surface area contributed by atoms with Crippen molar-refractivity contribution in [2.45, 2.75) is 26.7 Å². The summed E-state index contributed by atoms with van der Waals surface area (Å²) in [6.07, 6.45) is 4.01. The van der Waals surface area contributed by atoms with Crippen LogP contribution in [0.3, 0.4) is 0 Å². The number of anilines is 1. The summed E-state index contributed by atoms with van der Waals surface area (Å²) in [7, 11) is 0. The number of hydrogen-bond donors (Lipinski definition) is 1. The number of rotatable bonds is 2. The Morgan fingerprint density at radius 1 is 1.47 bits per heavy atom. The zero-order valence-corrected chi connectivity index (χ0v) is 11.0. The minimum atomic E-state index is 1.00. The minimum absolute atomic E-state index is 1.00. The van der Waals surface area contributed by atoms with E-state index in [0.29, 0.717) is 0 Å². The lowest BCUT2D eigenvalue weighted by Gasteiger charge is -2.19. The molecule has 2 aromatic heterocycles. The maximum atomic E-state index is 4.74. The van der Waals surface area contributed by atoms with E-state index < -0.39 is 0 Å². The second-order valence-corrected chi connectivity index (χ2v) is 5.36. The molecule has 0 spiro atoms. The Labute approximate surface area is 105 Å². The van der Waals surface area contributed by atoms with Gasteiger partial charge in [0.05, 0.1) is 22.5 Å². The van der Waals surface area contributed by atoms with Crippen LogP contribution in [0.4, 0.5) is 5.82 Å². The standard InChI is InChI=1S/C12H16N4S/c1-3-10-14-11-8-7-13-15-12(8)16(4-2)6-5-9(11)17-10/h7H,3-6H2,1-2H3,(H,13,15). The average molecular weight is 248 g/mol. The third-order valence-corrected chi connectivity index (χ3v) is 4.48. The normalized spacial score (nSPS) is 14.4. The van der Waals surface area contributed by atoms with E-state index in [1.807, 2.05) is 17.5 Å². The quantitative estimate of drug-likeness (QED) is 0.888. The summed E-state index contributed by atoms with van der Waals surface area (Å²) >= 11 is 1.85. The molecule has 5 heteroatoms. The van der Waals surface area contributed by atoms with Crippen LogP contribution >= 0.6 is 11.3 Å². The fourth-order valence-corrected chi connectivity index (χ4v) is 3.30. The smallest absolute Gasteiger partial charge is 0.133 e. The summed E-state index contributed by atoms with van der Waals surface area (Å²) in [5, 5.41) is 8.51. The first-order valence-corrected chi connectivity index (χ1v) is 6.92. The molecule has 0 saturated heterocycles. The van der Waals surface area contributed by atoms with Crippen molar-refractivity contribution in [3.63, 3.8) is 0 Å². The van der Waals surface area contributed by atoms with Gasteiger partial charge in [0.2, 0.25) is 0 Å². The van der Waals surface area contributed by atoms with E-state index >= 15 is 0 Å². The highest BCUT2D eigenvalue weighted by Crippen LogP contribution is 2.36. The first-order chi connectivity index (χ1) is 8.33. The summed E-state index contributed by atoms with van der Waals surface area (Å²) in [6, 6.07) is 0. The fourth-order valence-electron chi connectivity index (χ4n) is 2.29. The molecule has 0 aromatic carbocycles. The first-order valence-electron chi connectivity index (χ1n) is 6.10. The zero-order valence-electron chi connectivity index (χ0n) is 10.2. The summed E-state index contributed by atoms with van der Waals surface area (Å²) in [5.74, 6) is 1.12. The third-order valence-electron chi connectivity index (χ3n) is 3.23. The molecule has 1 aliphatic rings.